The van der Waals surface area contributed by atoms with Crippen molar-refractivity contribution in [3.05, 3.63) is 35.9 Å². The maximum absolute atomic E-state index is 3.56. The number of nitrogens with zero attached hydrogens (tertiary/aromatic N) is 2. The molecule has 1 N–H and O–H groups in total. The van der Waals surface area contributed by atoms with Crippen molar-refractivity contribution >= 4 is 0 Å². The Labute approximate surface area is 116 Å². The number of rotatable bonds is 3. The first-order chi connectivity index (χ1) is 9.26. The van der Waals surface area contributed by atoms with Crippen LogP contribution in [-0.2, 0) is 6.54 Å². The summed E-state index contributed by atoms with van der Waals surface area (Å²) in [5.41, 5.74) is 1.44. The molecule has 2 aliphatic heterocycles. The largest absolute Gasteiger partial charge is 0.316 e. The third kappa shape index (κ3) is 2.83. The van der Waals surface area contributed by atoms with E-state index in [1.165, 1.54) is 31.7 Å². The fraction of sp³-hybridized carbons (Fsp3) is 0.625. The Balaban J connectivity index is 1.68. The second-order valence-corrected chi connectivity index (χ2v) is 6.24. The highest BCUT2D eigenvalue weighted by Crippen LogP contribution is 2.29. The van der Waals surface area contributed by atoms with Gasteiger partial charge in [-0.05, 0) is 31.5 Å². The first kappa shape index (κ1) is 13.1. The molecule has 0 saturated carbocycles. The molecule has 2 aliphatic rings. The Kier molecular flexibility index (Phi) is 3.87. The predicted octanol–water partition coefficient (Wildman–Crippen LogP) is 1.27. The molecule has 2 atom stereocenters. The molecule has 0 aliphatic carbocycles. The molecule has 2 bridgehead atoms. The molecule has 3 rings (SSSR count). The second kappa shape index (κ2) is 5.61. The fourth-order valence-electron chi connectivity index (χ4n) is 4.01. The topological polar surface area (TPSA) is 18.5 Å². The van der Waals surface area contributed by atoms with E-state index in [0.717, 1.165) is 18.4 Å². The van der Waals surface area contributed by atoms with E-state index in [-0.39, 0.29) is 0 Å². The van der Waals surface area contributed by atoms with Crippen LogP contribution in [0.3, 0.4) is 0 Å². The van der Waals surface area contributed by atoms with E-state index in [1.54, 1.807) is 0 Å². The lowest BCUT2D eigenvalue weighted by atomic mass is 9.79. The van der Waals surface area contributed by atoms with Gasteiger partial charge in [-0.1, -0.05) is 30.3 Å². The molecule has 104 valence electrons. The second-order valence-electron chi connectivity index (χ2n) is 6.24. The monoisotopic (exact) mass is 259 g/mol. The van der Waals surface area contributed by atoms with E-state index in [9.17, 15) is 0 Å². The minimum Gasteiger partial charge on any atom is -0.316 e. The molecule has 2 saturated heterocycles. The van der Waals surface area contributed by atoms with Crippen LogP contribution in [0.15, 0.2) is 30.3 Å². The summed E-state index contributed by atoms with van der Waals surface area (Å²) in [6, 6.07) is 11.6. The van der Waals surface area contributed by atoms with Crippen molar-refractivity contribution in [1.82, 2.24) is 15.1 Å². The zero-order chi connectivity index (χ0) is 13.2. The van der Waals surface area contributed by atoms with Gasteiger partial charge in [0.05, 0.1) is 0 Å². The van der Waals surface area contributed by atoms with Crippen LogP contribution in [0.1, 0.15) is 5.56 Å². The lowest BCUT2D eigenvalue weighted by Crippen LogP contribution is -2.62. The molecule has 1 aromatic carbocycles. The van der Waals surface area contributed by atoms with Gasteiger partial charge < -0.3 is 10.2 Å². The highest BCUT2D eigenvalue weighted by molar-refractivity contribution is 5.15. The van der Waals surface area contributed by atoms with Crippen LogP contribution in [0.25, 0.3) is 0 Å². The molecule has 1 aromatic rings. The van der Waals surface area contributed by atoms with E-state index in [4.69, 9.17) is 0 Å². The maximum atomic E-state index is 3.56. The van der Waals surface area contributed by atoms with E-state index in [1.807, 2.05) is 0 Å². The van der Waals surface area contributed by atoms with Gasteiger partial charge in [-0.2, -0.15) is 0 Å². The first-order valence-electron chi connectivity index (χ1n) is 7.38. The summed E-state index contributed by atoms with van der Waals surface area (Å²) in [4.78, 5) is 5.15. The molecule has 0 amide bonds. The first-order valence-corrected chi connectivity index (χ1v) is 7.38. The number of likely N-dealkylation sites (tertiary alicyclic amines) is 2. The van der Waals surface area contributed by atoms with Crippen molar-refractivity contribution < 1.29 is 0 Å². The van der Waals surface area contributed by atoms with Crippen LogP contribution < -0.4 is 5.32 Å². The Hall–Kier alpha value is -0.900. The molecule has 2 unspecified atom stereocenters. The third-order valence-corrected chi connectivity index (χ3v) is 4.68. The van der Waals surface area contributed by atoms with Gasteiger partial charge in [0.25, 0.3) is 0 Å². The number of hydrogen-bond acceptors (Lipinski definition) is 3. The van der Waals surface area contributed by atoms with Gasteiger partial charge in [0, 0.05) is 38.8 Å². The van der Waals surface area contributed by atoms with Gasteiger partial charge in [0.1, 0.15) is 0 Å². The molecule has 3 nitrogen and oxygen atoms in total. The van der Waals surface area contributed by atoms with E-state index in [0.29, 0.717) is 6.04 Å². The summed E-state index contributed by atoms with van der Waals surface area (Å²) in [7, 11) is 4.39. The van der Waals surface area contributed by atoms with Crippen molar-refractivity contribution in [2.75, 3.05) is 40.3 Å². The smallest absolute Gasteiger partial charge is 0.0234 e. The van der Waals surface area contributed by atoms with Crippen molar-refractivity contribution in [2.45, 2.75) is 12.6 Å². The highest BCUT2D eigenvalue weighted by Gasteiger charge is 2.40. The summed E-state index contributed by atoms with van der Waals surface area (Å²) in [6.07, 6.45) is 0. The standard InChI is InChI=1S/C16H25N3/c1-17-16-14-9-18(2)10-15(16)12-19(11-14)8-13-6-4-3-5-7-13/h3-7,14-17H,8-12H2,1-2H3. The fourth-order valence-corrected chi connectivity index (χ4v) is 4.01. The SMILES string of the molecule is CNC1C2CN(C)CC1CN(Cc1ccccc1)C2. The zero-order valence-electron chi connectivity index (χ0n) is 12.0. The van der Waals surface area contributed by atoms with Crippen LogP contribution in [0.4, 0.5) is 0 Å². The Morgan fingerprint density at radius 3 is 2.26 bits per heavy atom. The Morgan fingerprint density at radius 2 is 1.68 bits per heavy atom. The van der Waals surface area contributed by atoms with E-state index in [2.05, 4.69) is 59.5 Å². The Bertz CT molecular complexity index is 390. The highest BCUT2D eigenvalue weighted by atomic mass is 15.2. The lowest BCUT2D eigenvalue weighted by molar-refractivity contribution is 0.00897. The zero-order valence-corrected chi connectivity index (χ0v) is 12.0. The van der Waals surface area contributed by atoms with Crippen molar-refractivity contribution in [2.24, 2.45) is 11.8 Å². The molecule has 19 heavy (non-hydrogen) atoms. The quantitative estimate of drug-likeness (QED) is 0.882. The number of fused-ring (bicyclic) bond motifs is 2. The lowest BCUT2D eigenvalue weighted by Gasteiger charge is -2.50. The number of hydrogen-bond donors (Lipinski definition) is 1. The summed E-state index contributed by atoms with van der Waals surface area (Å²) in [6.45, 7) is 6.01. The van der Waals surface area contributed by atoms with Gasteiger partial charge >= 0.3 is 0 Å². The molecule has 3 heteroatoms. The molecular weight excluding hydrogens is 234 g/mol. The number of piperidine rings is 2. The van der Waals surface area contributed by atoms with Crippen molar-refractivity contribution in [3.63, 3.8) is 0 Å². The van der Waals surface area contributed by atoms with Crippen molar-refractivity contribution in [1.29, 1.82) is 0 Å². The van der Waals surface area contributed by atoms with Gasteiger partial charge in [-0.15, -0.1) is 0 Å². The minimum absolute atomic E-state index is 0.711. The average molecular weight is 259 g/mol. The number of nitrogens with one attached hydrogen (secondary N) is 1. The van der Waals surface area contributed by atoms with Crippen LogP contribution in [0, 0.1) is 11.8 Å². The molecule has 0 spiro atoms. The summed E-state index contributed by atoms with van der Waals surface area (Å²) in [5, 5.41) is 3.56. The molecule has 2 heterocycles. The summed E-state index contributed by atoms with van der Waals surface area (Å²) < 4.78 is 0. The maximum Gasteiger partial charge on any atom is 0.0234 e. The van der Waals surface area contributed by atoms with E-state index >= 15 is 0 Å². The average Bonchev–Trinajstić information content (AvgIpc) is 2.38. The van der Waals surface area contributed by atoms with Crippen LogP contribution in [0.5, 0.6) is 0 Å². The summed E-state index contributed by atoms with van der Waals surface area (Å²) >= 11 is 0. The summed E-state index contributed by atoms with van der Waals surface area (Å²) in [5.74, 6) is 1.54. The van der Waals surface area contributed by atoms with Crippen LogP contribution in [-0.4, -0.2) is 56.1 Å². The van der Waals surface area contributed by atoms with Crippen LogP contribution in [0.2, 0.25) is 0 Å². The molecule has 2 fully saturated rings. The third-order valence-electron chi connectivity index (χ3n) is 4.68. The molecular formula is C16H25N3. The minimum atomic E-state index is 0.711. The van der Waals surface area contributed by atoms with Crippen LogP contribution >= 0.6 is 0 Å². The van der Waals surface area contributed by atoms with Gasteiger partial charge in [-0.3, -0.25) is 4.90 Å². The van der Waals surface area contributed by atoms with Gasteiger partial charge in [0.15, 0.2) is 0 Å². The molecule has 0 radical (unpaired) electrons. The number of benzene rings is 1. The molecule has 0 aromatic heterocycles. The van der Waals surface area contributed by atoms with Crippen molar-refractivity contribution in [3.8, 4) is 0 Å². The van der Waals surface area contributed by atoms with E-state index < -0.39 is 0 Å². The predicted molar refractivity (Wildman–Crippen MR) is 79.0 cm³/mol. The van der Waals surface area contributed by atoms with Gasteiger partial charge in [-0.25, -0.2) is 0 Å². The normalized spacial score (nSPS) is 32.4. The Morgan fingerprint density at radius 1 is 1.05 bits per heavy atom. The van der Waals surface area contributed by atoms with Gasteiger partial charge in [0.2, 0.25) is 0 Å².